The van der Waals surface area contributed by atoms with Crippen molar-refractivity contribution in [2.24, 2.45) is 24.3 Å². The van der Waals surface area contributed by atoms with Gasteiger partial charge in [0.1, 0.15) is 11.3 Å². The number of hydrogen-bond donors (Lipinski definition) is 2. The molecule has 128 valence electrons. The summed E-state index contributed by atoms with van der Waals surface area (Å²) >= 11 is 0. The van der Waals surface area contributed by atoms with E-state index >= 15 is 0 Å². The number of aryl methyl sites for hydroxylation is 1. The predicted molar refractivity (Wildman–Crippen MR) is 85.8 cm³/mol. The number of carboxylic acids is 1. The van der Waals surface area contributed by atoms with Crippen LogP contribution in [0.25, 0.3) is 11.0 Å². The van der Waals surface area contributed by atoms with Crippen LogP contribution in [0.3, 0.4) is 0 Å². The summed E-state index contributed by atoms with van der Waals surface area (Å²) < 4.78 is 15.5. The number of rotatable bonds is 5. The Kier molecular flexibility index (Phi) is 3.81. The molecule has 2 N–H and O–H groups in total. The van der Waals surface area contributed by atoms with Gasteiger partial charge in [-0.1, -0.05) is 19.9 Å². The molecule has 2 aromatic rings. The molecule has 0 aliphatic heterocycles. The Balaban J connectivity index is 1.63. The molecule has 2 atom stereocenters. The summed E-state index contributed by atoms with van der Waals surface area (Å²) in [6.45, 7) is 3.89. The largest absolute Gasteiger partial charge is 0.481 e. The lowest BCUT2D eigenvalue weighted by atomic mass is 10.1. The third-order valence-electron chi connectivity index (χ3n) is 4.98. The normalized spacial score (nSPS) is 21.7. The molecule has 1 aromatic carbocycles. The molecule has 7 heteroatoms. The van der Waals surface area contributed by atoms with Crippen molar-refractivity contribution in [1.82, 2.24) is 14.9 Å². The number of nitrogens with zero attached hydrogens (tertiary/aromatic N) is 2. The number of nitrogens with one attached hydrogen (secondary N) is 1. The Morgan fingerprint density at radius 1 is 1.38 bits per heavy atom. The second kappa shape index (κ2) is 5.58. The zero-order chi connectivity index (χ0) is 17.6. The van der Waals surface area contributed by atoms with Gasteiger partial charge in [-0.05, 0) is 17.5 Å². The first-order valence-electron chi connectivity index (χ1n) is 7.85. The van der Waals surface area contributed by atoms with Gasteiger partial charge in [0.05, 0.1) is 17.4 Å². The highest BCUT2D eigenvalue weighted by Crippen LogP contribution is 2.58. The number of carbonyl (C=O) groups is 2. The summed E-state index contributed by atoms with van der Waals surface area (Å²) in [6.07, 6.45) is 0.446. The van der Waals surface area contributed by atoms with Crippen LogP contribution in [0.15, 0.2) is 18.2 Å². The van der Waals surface area contributed by atoms with Gasteiger partial charge < -0.3 is 15.0 Å². The van der Waals surface area contributed by atoms with Crippen LogP contribution in [0.1, 0.15) is 19.7 Å². The molecule has 3 rings (SSSR count). The summed E-state index contributed by atoms with van der Waals surface area (Å²) in [7, 11) is 1.80. The smallest absolute Gasteiger partial charge is 0.307 e. The lowest BCUT2D eigenvalue weighted by Crippen LogP contribution is -2.29. The zero-order valence-corrected chi connectivity index (χ0v) is 13.8. The van der Waals surface area contributed by atoms with Crippen molar-refractivity contribution in [1.29, 1.82) is 0 Å². The molecule has 1 aliphatic carbocycles. The summed E-state index contributed by atoms with van der Waals surface area (Å²) in [4.78, 5) is 27.6. The number of aromatic nitrogens is 2. The van der Waals surface area contributed by atoms with Crippen LogP contribution in [0.4, 0.5) is 4.39 Å². The first kappa shape index (κ1) is 16.4. The van der Waals surface area contributed by atoms with Crippen molar-refractivity contribution in [2.45, 2.75) is 20.3 Å². The minimum Gasteiger partial charge on any atom is -0.481 e. The molecule has 24 heavy (non-hydrogen) atoms. The average Bonchev–Trinajstić information content (AvgIpc) is 2.95. The van der Waals surface area contributed by atoms with Gasteiger partial charge in [-0.25, -0.2) is 9.37 Å². The van der Waals surface area contributed by atoms with E-state index in [-0.39, 0.29) is 11.7 Å². The summed E-state index contributed by atoms with van der Waals surface area (Å²) in [5, 5.41) is 11.9. The first-order chi connectivity index (χ1) is 11.2. The van der Waals surface area contributed by atoms with Gasteiger partial charge in [0.25, 0.3) is 0 Å². The van der Waals surface area contributed by atoms with Crippen molar-refractivity contribution in [3.63, 3.8) is 0 Å². The Hall–Kier alpha value is -2.44. The maximum atomic E-state index is 13.7. The number of carboxylic acid groups (broad SMARTS) is 1. The summed E-state index contributed by atoms with van der Waals surface area (Å²) in [5.41, 5.74) is 0.498. The van der Waals surface area contributed by atoms with Crippen LogP contribution in [0, 0.1) is 23.1 Å². The molecule has 1 amide bonds. The lowest BCUT2D eigenvalue weighted by molar-refractivity contribution is -0.140. The average molecular weight is 333 g/mol. The van der Waals surface area contributed by atoms with Crippen LogP contribution < -0.4 is 5.32 Å². The van der Waals surface area contributed by atoms with Crippen LogP contribution in [0.5, 0.6) is 0 Å². The number of imidazole rings is 1. The van der Waals surface area contributed by atoms with E-state index in [1.165, 1.54) is 6.07 Å². The van der Waals surface area contributed by atoms with Crippen molar-refractivity contribution in [2.75, 3.05) is 6.54 Å². The van der Waals surface area contributed by atoms with Gasteiger partial charge in [0, 0.05) is 20.0 Å². The van der Waals surface area contributed by atoms with Crippen molar-refractivity contribution in [3.05, 3.63) is 29.8 Å². The SMILES string of the molecule is Cn1c(CCNC(=O)[C@@H]2[C@H](C(=O)O)C2(C)C)nc2c(F)cccc21. The van der Waals surface area contributed by atoms with Crippen LogP contribution in [0.2, 0.25) is 0 Å². The molecule has 0 saturated heterocycles. The molecule has 0 bridgehead atoms. The highest BCUT2D eigenvalue weighted by Gasteiger charge is 2.65. The first-order valence-corrected chi connectivity index (χ1v) is 7.85. The second-order valence-corrected chi connectivity index (χ2v) is 6.85. The van der Waals surface area contributed by atoms with E-state index in [9.17, 15) is 14.0 Å². The monoisotopic (exact) mass is 333 g/mol. The van der Waals surface area contributed by atoms with Gasteiger partial charge in [-0.2, -0.15) is 0 Å². The lowest BCUT2D eigenvalue weighted by Gasteiger charge is -2.06. The standard InChI is InChI=1S/C17H20FN3O3/c1-17(2)12(13(17)16(23)24)15(22)19-8-7-11-20-14-9(18)5-4-6-10(14)21(11)3/h4-6,12-13H,7-8H2,1-3H3,(H,19,22)(H,23,24)/t12-,13+/m0/s1. The number of halogens is 1. The molecular weight excluding hydrogens is 313 g/mol. The van der Waals surface area contributed by atoms with Crippen molar-refractivity contribution in [3.8, 4) is 0 Å². The highest BCUT2D eigenvalue weighted by molar-refractivity contribution is 5.91. The molecule has 0 radical (unpaired) electrons. The van der Waals surface area contributed by atoms with Crippen LogP contribution >= 0.6 is 0 Å². The maximum absolute atomic E-state index is 13.7. The Morgan fingerprint density at radius 3 is 2.67 bits per heavy atom. The molecule has 1 aliphatic rings. The van der Waals surface area contributed by atoms with Gasteiger partial charge in [-0.3, -0.25) is 9.59 Å². The van der Waals surface area contributed by atoms with E-state index < -0.39 is 23.2 Å². The minimum atomic E-state index is -0.939. The second-order valence-electron chi connectivity index (χ2n) is 6.85. The Labute approximate surface area is 138 Å². The van der Waals surface area contributed by atoms with E-state index in [2.05, 4.69) is 10.3 Å². The molecule has 1 heterocycles. The fourth-order valence-corrected chi connectivity index (χ4v) is 3.45. The number of para-hydroxylation sites is 1. The fourth-order valence-electron chi connectivity index (χ4n) is 3.45. The van der Waals surface area contributed by atoms with E-state index in [0.29, 0.717) is 29.8 Å². The maximum Gasteiger partial charge on any atom is 0.307 e. The topological polar surface area (TPSA) is 84.2 Å². The molecule has 1 saturated carbocycles. The molecule has 1 fully saturated rings. The van der Waals surface area contributed by atoms with Gasteiger partial charge in [-0.15, -0.1) is 0 Å². The quantitative estimate of drug-likeness (QED) is 0.873. The number of aliphatic carboxylic acids is 1. The highest BCUT2D eigenvalue weighted by atomic mass is 19.1. The molecule has 6 nitrogen and oxygen atoms in total. The van der Waals surface area contributed by atoms with E-state index in [0.717, 1.165) is 0 Å². The van der Waals surface area contributed by atoms with E-state index in [1.54, 1.807) is 37.6 Å². The molecule has 0 unspecified atom stereocenters. The third kappa shape index (κ3) is 2.53. The van der Waals surface area contributed by atoms with Crippen molar-refractivity contribution < 1.29 is 19.1 Å². The summed E-state index contributed by atoms with van der Waals surface area (Å²) in [5.74, 6) is -2.04. The summed E-state index contributed by atoms with van der Waals surface area (Å²) in [6, 6.07) is 4.78. The third-order valence-corrected chi connectivity index (χ3v) is 4.98. The van der Waals surface area contributed by atoms with E-state index in [1.807, 2.05) is 0 Å². The minimum absolute atomic E-state index is 0.252. The predicted octanol–water partition coefficient (Wildman–Crippen LogP) is 1.73. The molecular formula is C17H20FN3O3. The number of benzene rings is 1. The van der Waals surface area contributed by atoms with Gasteiger partial charge in [0.2, 0.25) is 5.91 Å². The number of amides is 1. The Bertz CT molecular complexity index is 828. The van der Waals surface area contributed by atoms with Crippen molar-refractivity contribution >= 4 is 22.9 Å². The molecule has 0 spiro atoms. The number of hydrogen-bond acceptors (Lipinski definition) is 3. The Morgan fingerprint density at radius 2 is 2.08 bits per heavy atom. The van der Waals surface area contributed by atoms with Crippen LogP contribution in [-0.4, -0.2) is 33.1 Å². The van der Waals surface area contributed by atoms with E-state index in [4.69, 9.17) is 5.11 Å². The van der Waals surface area contributed by atoms with Crippen LogP contribution in [-0.2, 0) is 23.1 Å². The fraction of sp³-hybridized carbons (Fsp3) is 0.471. The molecule has 1 aromatic heterocycles. The zero-order valence-electron chi connectivity index (χ0n) is 13.8. The van der Waals surface area contributed by atoms with Gasteiger partial charge >= 0.3 is 5.97 Å². The van der Waals surface area contributed by atoms with Gasteiger partial charge in [0.15, 0.2) is 5.82 Å². The number of fused-ring (bicyclic) bond motifs is 1. The number of carbonyl (C=O) groups excluding carboxylic acids is 1.